The number of nitrogens with one attached hydrogen (secondary N) is 1. The van der Waals surface area contributed by atoms with Crippen LogP contribution in [0.3, 0.4) is 0 Å². The van der Waals surface area contributed by atoms with Gasteiger partial charge >= 0.3 is 0 Å². The largest absolute Gasteiger partial charge is 0.313 e. The first-order valence-corrected chi connectivity index (χ1v) is 8.08. The van der Waals surface area contributed by atoms with Crippen molar-refractivity contribution in [3.05, 3.63) is 34.3 Å². The Bertz CT molecular complexity index is 382. The van der Waals surface area contributed by atoms with E-state index >= 15 is 0 Å². The van der Waals surface area contributed by atoms with E-state index in [9.17, 15) is 0 Å². The van der Waals surface area contributed by atoms with Crippen LogP contribution in [-0.2, 0) is 0 Å². The molecule has 0 aliphatic carbocycles. The van der Waals surface area contributed by atoms with Crippen LogP contribution in [0.15, 0.2) is 28.7 Å². The van der Waals surface area contributed by atoms with Gasteiger partial charge in [0, 0.05) is 10.5 Å². The molecule has 1 aromatic rings. The number of halogens is 1. The first kappa shape index (κ1) is 17.6. The van der Waals surface area contributed by atoms with Gasteiger partial charge in [-0.2, -0.15) is 0 Å². The van der Waals surface area contributed by atoms with Gasteiger partial charge in [-0.3, -0.25) is 0 Å². The zero-order valence-corrected chi connectivity index (χ0v) is 14.8. The van der Waals surface area contributed by atoms with Crippen LogP contribution in [0.2, 0.25) is 0 Å². The molecule has 20 heavy (non-hydrogen) atoms. The van der Waals surface area contributed by atoms with E-state index in [1.807, 2.05) is 7.05 Å². The number of nitrogens with zero attached hydrogens (tertiary/aromatic N) is 2. The minimum atomic E-state index is 0.420. The minimum absolute atomic E-state index is 0.420. The average molecular weight is 342 g/mol. The van der Waals surface area contributed by atoms with Gasteiger partial charge in [0.15, 0.2) is 0 Å². The molecule has 0 aromatic heterocycles. The summed E-state index contributed by atoms with van der Waals surface area (Å²) < 4.78 is 1.15. The van der Waals surface area contributed by atoms with Crippen LogP contribution in [0.25, 0.3) is 0 Å². The van der Waals surface area contributed by atoms with Crippen LogP contribution in [0.4, 0.5) is 0 Å². The quantitative estimate of drug-likeness (QED) is 0.744. The van der Waals surface area contributed by atoms with Gasteiger partial charge in [-0.15, -0.1) is 0 Å². The Morgan fingerprint density at radius 3 is 2.50 bits per heavy atom. The lowest BCUT2D eigenvalue weighted by molar-refractivity contribution is 0.286. The van der Waals surface area contributed by atoms with E-state index in [0.29, 0.717) is 6.04 Å². The summed E-state index contributed by atoms with van der Waals surface area (Å²) in [5, 5.41) is 3.42. The minimum Gasteiger partial charge on any atom is -0.313 e. The molecule has 1 N–H and O–H groups in total. The fourth-order valence-corrected chi connectivity index (χ4v) is 2.74. The monoisotopic (exact) mass is 341 g/mol. The summed E-state index contributed by atoms with van der Waals surface area (Å²) in [6.45, 7) is 3.43. The molecule has 1 aromatic carbocycles. The maximum Gasteiger partial charge on any atom is 0.0330 e. The highest BCUT2D eigenvalue weighted by atomic mass is 79.9. The molecule has 0 aliphatic heterocycles. The normalized spacial score (nSPS) is 13.2. The van der Waals surface area contributed by atoms with Crippen LogP contribution in [0.1, 0.15) is 24.4 Å². The molecule has 0 fully saturated rings. The molecule has 0 saturated carbocycles. The van der Waals surface area contributed by atoms with Gasteiger partial charge in [-0.1, -0.05) is 28.1 Å². The molecule has 0 heterocycles. The predicted molar refractivity (Wildman–Crippen MR) is 91.2 cm³/mol. The highest BCUT2D eigenvalue weighted by molar-refractivity contribution is 9.10. The molecule has 0 amide bonds. The lowest BCUT2D eigenvalue weighted by Crippen LogP contribution is -2.28. The topological polar surface area (TPSA) is 18.5 Å². The average Bonchev–Trinajstić information content (AvgIpc) is 2.39. The maximum absolute atomic E-state index is 3.54. The summed E-state index contributed by atoms with van der Waals surface area (Å²) in [5.74, 6) is 0. The van der Waals surface area contributed by atoms with E-state index in [1.54, 1.807) is 0 Å². The summed E-state index contributed by atoms with van der Waals surface area (Å²) >= 11 is 3.54. The number of rotatable bonds is 9. The third kappa shape index (κ3) is 6.84. The van der Waals surface area contributed by atoms with Gasteiger partial charge in [0.2, 0.25) is 0 Å². The summed E-state index contributed by atoms with van der Waals surface area (Å²) in [4.78, 5) is 4.66. The Hall–Kier alpha value is -0.420. The number of benzene rings is 1. The first-order valence-electron chi connectivity index (χ1n) is 7.29. The fourth-order valence-electron chi connectivity index (χ4n) is 2.32. The Labute approximate surface area is 132 Å². The molecule has 3 nitrogen and oxygen atoms in total. The van der Waals surface area contributed by atoms with Gasteiger partial charge < -0.3 is 15.1 Å². The highest BCUT2D eigenvalue weighted by Gasteiger charge is 2.10. The Morgan fingerprint density at radius 2 is 1.90 bits per heavy atom. The second-order valence-electron chi connectivity index (χ2n) is 5.65. The molecule has 1 atom stereocenters. The fraction of sp³-hybridized carbons (Fsp3) is 0.625. The molecule has 0 aliphatic rings. The van der Waals surface area contributed by atoms with Crippen LogP contribution >= 0.6 is 15.9 Å². The standard InChI is InChI=1S/C16H28BrN3/c1-18-16(14-7-5-8-15(17)13-14)9-12-20(4)11-6-10-19(2)3/h5,7-8,13,16,18H,6,9-12H2,1-4H3. The van der Waals surface area contributed by atoms with Gasteiger partial charge in [-0.25, -0.2) is 0 Å². The molecule has 1 rings (SSSR count). The molecule has 0 bridgehead atoms. The third-order valence-electron chi connectivity index (χ3n) is 3.54. The van der Waals surface area contributed by atoms with E-state index in [-0.39, 0.29) is 0 Å². The Balaban J connectivity index is 2.37. The molecule has 4 heteroatoms. The number of hydrogen-bond acceptors (Lipinski definition) is 3. The van der Waals surface area contributed by atoms with Crippen LogP contribution in [0.5, 0.6) is 0 Å². The second-order valence-corrected chi connectivity index (χ2v) is 6.56. The Kier molecular flexibility index (Phi) is 8.38. The van der Waals surface area contributed by atoms with Crippen molar-refractivity contribution < 1.29 is 0 Å². The molecule has 0 spiro atoms. The van der Waals surface area contributed by atoms with Gasteiger partial charge in [0.1, 0.15) is 0 Å². The van der Waals surface area contributed by atoms with E-state index < -0.39 is 0 Å². The molecule has 114 valence electrons. The van der Waals surface area contributed by atoms with Crippen LogP contribution in [0, 0.1) is 0 Å². The van der Waals surface area contributed by atoms with Crippen molar-refractivity contribution in [2.45, 2.75) is 18.9 Å². The van der Waals surface area contributed by atoms with E-state index in [4.69, 9.17) is 0 Å². The summed E-state index contributed by atoms with van der Waals surface area (Å²) in [6.07, 6.45) is 2.36. The van der Waals surface area contributed by atoms with E-state index in [0.717, 1.165) is 30.5 Å². The zero-order chi connectivity index (χ0) is 15.0. The van der Waals surface area contributed by atoms with Crippen molar-refractivity contribution in [1.82, 2.24) is 15.1 Å². The van der Waals surface area contributed by atoms with Crippen molar-refractivity contribution in [2.75, 3.05) is 47.8 Å². The Morgan fingerprint density at radius 1 is 1.15 bits per heavy atom. The van der Waals surface area contributed by atoms with Crippen LogP contribution < -0.4 is 5.32 Å². The highest BCUT2D eigenvalue weighted by Crippen LogP contribution is 2.20. The third-order valence-corrected chi connectivity index (χ3v) is 4.04. The van der Waals surface area contributed by atoms with Crippen molar-refractivity contribution in [2.24, 2.45) is 0 Å². The smallest absolute Gasteiger partial charge is 0.0330 e. The summed E-state index contributed by atoms with van der Waals surface area (Å²) in [7, 11) is 8.51. The second kappa shape index (κ2) is 9.50. The predicted octanol–water partition coefficient (Wildman–Crippen LogP) is 2.98. The maximum atomic E-state index is 3.54. The zero-order valence-electron chi connectivity index (χ0n) is 13.2. The van der Waals surface area contributed by atoms with Gasteiger partial charge in [-0.05, 0) is 78.4 Å². The number of hydrogen-bond donors (Lipinski definition) is 1. The first-order chi connectivity index (χ1) is 9.52. The molecule has 0 radical (unpaired) electrons. The van der Waals surface area contributed by atoms with Crippen molar-refractivity contribution in [3.8, 4) is 0 Å². The van der Waals surface area contributed by atoms with Crippen molar-refractivity contribution in [1.29, 1.82) is 0 Å². The molecule has 0 saturated heterocycles. The summed E-state index contributed by atoms with van der Waals surface area (Å²) in [5.41, 5.74) is 1.35. The molecular formula is C16H28BrN3. The van der Waals surface area contributed by atoms with Gasteiger partial charge in [0.25, 0.3) is 0 Å². The SMILES string of the molecule is CNC(CCN(C)CCCN(C)C)c1cccc(Br)c1. The van der Waals surface area contributed by atoms with E-state index in [2.05, 4.69) is 76.5 Å². The van der Waals surface area contributed by atoms with Crippen molar-refractivity contribution in [3.63, 3.8) is 0 Å². The van der Waals surface area contributed by atoms with E-state index in [1.165, 1.54) is 12.0 Å². The molecule has 1 unspecified atom stereocenters. The lowest BCUT2D eigenvalue weighted by atomic mass is 10.0. The van der Waals surface area contributed by atoms with Crippen molar-refractivity contribution >= 4 is 15.9 Å². The van der Waals surface area contributed by atoms with Crippen LogP contribution in [-0.4, -0.2) is 57.6 Å². The molecular weight excluding hydrogens is 314 g/mol. The lowest BCUT2D eigenvalue weighted by Gasteiger charge is -2.22. The summed E-state index contributed by atoms with van der Waals surface area (Å²) in [6, 6.07) is 8.99. The van der Waals surface area contributed by atoms with Gasteiger partial charge in [0.05, 0.1) is 0 Å².